The highest BCUT2D eigenvalue weighted by Gasteiger charge is 2.36. The van der Waals surface area contributed by atoms with Crippen LogP contribution < -0.4 is 14.8 Å². The van der Waals surface area contributed by atoms with Gasteiger partial charge in [0.15, 0.2) is 0 Å². The molecule has 3 amide bonds. The molecular formula is C27H22Cl2N2O5S. The molecule has 190 valence electrons. The van der Waals surface area contributed by atoms with E-state index in [1.165, 1.54) is 0 Å². The first-order valence-electron chi connectivity index (χ1n) is 11.3. The predicted molar refractivity (Wildman–Crippen MR) is 146 cm³/mol. The second kappa shape index (κ2) is 12.2. The Bertz CT molecular complexity index is 1340. The molecule has 0 aliphatic carbocycles. The molecule has 4 rings (SSSR count). The van der Waals surface area contributed by atoms with E-state index in [9.17, 15) is 14.4 Å². The fourth-order valence-electron chi connectivity index (χ4n) is 3.39. The molecule has 0 spiro atoms. The van der Waals surface area contributed by atoms with E-state index < -0.39 is 17.1 Å². The summed E-state index contributed by atoms with van der Waals surface area (Å²) in [6, 6.07) is 19.1. The van der Waals surface area contributed by atoms with Crippen LogP contribution in [-0.4, -0.2) is 35.1 Å². The van der Waals surface area contributed by atoms with Gasteiger partial charge >= 0.3 is 0 Å². The molecule has 3 aromatic carbocycles. The Kier molecular flexibility index (Phi) is 8.76. The molecule has 1 aliphatic heterocycles. The monoisotopic (exact) mass is 556 g/mol. The van der Waals surface area contributed by atoms with E-state index in [1.54, 1.807) is 72.8 Å². The zero-order valence-corrected chi connectivity index (χ0v) is 22.0. The van der Waals surface area contributed by atoms with Crippen LogP contribution in [0.2, 0.25) is 10.0 Å². The van der Waals surface area contributed by atoms with Crippen LogP contribution in [-0.2, 0) is 16.2 Å². The summed E-state index contributed by atoms with van der Waals surface area (Å²) in [6.07, 6.45) is 1.61. The van der Waals surface area contributed by atoms with Crippen molar-refractivity contribution in [2.24, 2.45) is 0 Å². The molecule has 1 aliphatic rings. The summed E-state index contributed by atoms with van der Waals surface area (Å²) >= 11 is 12.9. The largest absolute Gasteiger partial charge is 0.494 e. The summed E-state index contributed by atoms with van der Waals surface area (Å²) in [5.74, 6) is 0.300. The van der Waals surface area contributed by atoms with Gasteiger partial charge in [-0.25, -0.2) is 0 Å². The van der Waals surface area contributed by atoms with Crippen molar-refractivity contribution in [1.29, 1.82) is 0 Å². The van der Waals surface area contributed by atoms with Gasteiger partial charge in [-0.1, -0.05) is 41.4 Å². The minimum absolute atomic E-state index is 0.237. The number of ether oxygens (including phenoxy) is 2. The van der Waals surface area contributed by atoms with Crippen molar-refractivity contribution in [3.63, 3.8) is 0 Å². The minimum atomic E-state index is -0.519. The molecule has 0 aromatic heterocycles. The standard InChI is InChI=1S/C27H22Cl2N2O5S/c1-2-35-21-11-7-20(8-12-21)30-25(32)15-31-26(33)24(37-27(31)34)13-17-3-9-22(10-4-17)36-16-18-5-6-19(28)14-23(18)29/h3-14H,2,15-16H2,1H3,(H,30,32)/b24-13+. The molecule has 3 aromatic rings. The quantitative estimate of drug-likeness (QED) is 0.297. The highest BCUT2D eigenvalue weighted by Crippen LogP contribution is 2.32. The van der Waals surface area contributed by atoms with E-state index in [2.05, 4.69) is 5.32 Å². The van der Waals surface area contributed by atoms with Crippen LogP contribution in [0.4, 0.5) is 10.5 Å². The maximum atomic E-state index is 12.8. The highest BCUT2D eigenvalue weighted by molar-refractivity contribution is 8.18. The smallest absolute Gasteiger partial charge is 0.294 e. The number of nitrogens with zero attached hydrogens (tertiary/aromatic N) is 1. The fraction of sp³-hybridized carbons (Fsp3) is 0.148. The molecule has 1 heterocycles. The number of benzene rings is 3. The van der Waals surface area contributed by atoms with E-state index in [-0.39, 0.29) is 18.1 Å². The van der Waals surface area contributed by atoms with Crippen molar-refractivity contribution in [1.82, 2.24) is 4.90 Å². The van der Waals surface area contributed by atoms with Crippen LogP contribution in [0.1, 0.15) is 18.1 Å². The van der Waals surface area contributed by atoms with Gasteiger partial charge in [-0.3, -0.25) is 19.3 Å². The van der Waals surface area contributed by atoms with Gasteiger partial charge in [-0.05, 0) is 78.9 Å². The van der Waals surface area contributed by atoms with Crippen LogP contribution in [0.25, 0.3) is 6.08 Å². The van der Waals surface area contributed by atoms with E-state index in [0.717, 1.165) is 22.2 Å². The number of hydrogen-bond donors (Lipinski definition) is 1. The molecule has 37 heavy (non-hydrogen) atoms. The first-order valence-corrected chi connectivity index (χ1v) is 12.8. The fourth-order valence-corrected chi connectivity index (χ4v) is 4.69. The normalized spacial score (nSPS) is 14.2. The third-order valence-corrected chi connectivity index (χ3v) is 6.71. The molecule has 0 radical (unpaired) electrons. The number of nitrogens with one attached hydrogen (secondary N) is 1. The number of amides is 3. The highest BCUT2D eigenvalue weighted by atomic mass is 35.5. The van der Waals surface area contributed by atoms with Crippen LogP contribution in [0.3, 0.4) is 0 Å². The Labute approximate surface area is 228 Å². The number of carbonyl (C=O) groups is 3. The second-order valence-electron chi connectivity index (χ2n) is 7.87. The topological polar surface area (TPSA) is 84.9 Å². The minimum Gasteiger partial charge on any atom is -0.494 e. The van der Waals surface area contributed by atoms with Gasteiger partial charge in [0, 0.05) is 21.3 Å². The third kappa shape index (κ3) is 7.07. The van der Waals surface area contributed by atoms with Crippen molar-refractivity contribution in [2.75, 3.05) is 18.5 Å². The summed E-state index contributed by atoms with van der Waals surface area (Å²) in [4.78, 5) is 38.8. The SMILES string of the molecule is CCOc1ccc(NC(=O)CN2C(=O)S/C(=C/c3ccc(OCc4ccc(Cl)cc4Cl)cc3)C2=O)cc1. The number of imide groups is 1. The number of thioether (sulfide) groups is 1. The number of anilines is 1. The maximum Gasteiger partial charge on any atom is 0.294 e. The lowest BCUT2D eigenvalue weighted by Crippen LogP contribution is -2.36. The van der Waals surface area contributed by atoms with Crippen molar-refractivity contribution < 1.29 is 23.9 Å². The van der Waals surface area contributed by atoms with E-state index in [0.29, 0.717) is 39.4 Å². The zero-order valence-electron chi connectivity index (χ0n) is 19.7. The Morgan fingerprint density at radius 2 is 1.65 bits per heavy atom. The summed E-state index contributed by atoms with van der Waals surface area (Å²) in [6.45, 7) is 2.31. The first kappa shape index (κ1) is 26.6. The van der Waals surface area contributed by atoms with Crippen LogP contribution in [0.15, 0.2) is 71.6 Å². The molecular weight excluding hydrogens is 535 g/mol. The van der Waals surface area contributed by atoms with E-state index >= 15 is 0 Å². The molecule has 1 N–H and O–H groups in total. The molecule has 7 nitrogen and oxygen atoms in total. The van der Waals surface area contributed by atoms with Gasteiger partial charge in [-0.15, -0.1) is 0 Å². The Morgan fingerprint density at radius 3 is 2.32 bits per heavy atom. The van der Waals surface area contributed by atoms with Crippen molar-refractivity contribution in [3.05, 3.63) is 92.8 Å². The van der Waals surface area contributed by atoms with E-state index in [1.807, 2.05) is 6.92 Å². The van der Waals surface area contributed by atoms with Gasteiger partial charge in [0.25, 0.3) is 11.1 Å². The van der Waals surface area contributed by atoms with Crippen LogP contribution >= 0.6 is 35.0 Å². The molecule has 1 saturated heterocycles. The summed E-state index contributed by atoms with van der Waals surface area (Å²) in [7, 11) is 0. The van der Waals surface area contributed by atoms with Crippen molar-refractivity contribution >= 4 is 63.8 Å². The predicted octanol–water partition coefficient (Wildman–Crippen LogP) is 6.65. The third-order valence-electron chi connectivity index (χ3n) is 5.21. The summed E-state index contributed by atoms with van der Waals surface area (Å²) in [5.41, 5.74) is 2.05. The number of rotatable bonds is 9. The van der Waals surface area contributed by atoms with E-state index in [4.69, 9.17) is 32.7 Å². The Morgan fingerprint density at radius 1 is 0.973 bits per heavy atom. The Hall–Kier alpha value is -3.46. The van der Waals surface area contributed by atoms with Gasteiger partial charge in [0.1, 0.15) is 24.7 Å². The first-order chi connectivity index (χ1) is 17.8. The molecule has 0 atom stereocenters. The summed E-state index contributed by atoms with van der Waals surface area (Å²) in [5, 5.41) is 3.25. The molecule has 0 bridgehead atoms. The van der Waals surface area contributed by atoms with Crippen LogP contribution in [0.5, 0.6) is 11.5 Å². The number of halogens is 2. The van der Waals surface area contributed by atoms with Gasteiger partial charge < -0.3 is 14.8 Å². The van der Waals surface area contributed by atoms with Gasteiger partial charge in [-0.2, -0.15) is 0 Å². The van der Waals surface area contributed by atoms with Crippen molar-refractivity contribution in [3.8, 4) is 11.5 Å². The molecule has 1 fully saturated rings. The molecule has 0 unspecified atom stereocenters. The Balaban J connectivity index is 1.33. The number of hydrogen-bond acceptors (Lipinski definition) is 6. The molecule has 0 saturated carbocycles. The average molecular weight is 557 g/mol. The van der Waals surface area contributed by atoms with Gasteiger partial charge in [0.05, 0.1) is 11.5 Å². The lowest BCUT2D eigenvalue weighted by Gasteiger charge is -2.12. The lowest BCUT2D eigenvalue weighted by molar-refractivity contribution is -0.127. The average Bonchev–Trinajstić information content (AvgIpc) is 3.13. The second-order valence-corrected chi connectivity index (χ2v) is 9.70. The van der Waals surface area contributed by atoms with Crippen LogP contribution in [0, 0.1) is 0 Å². The zero-order chi connectivity index (χ0) is 26.4. The number of carbonyl (C=O) groups excluding carboxylic acids is 3. The molecule has 10 heteroatoms. The maximum absolute atomic E-state index is 12.8. The van der Waals surface area contributed by atoms with Gasteiger partial charge in [0.2, 0.25) is 5.91 Å². The van der Waals surface area contributed by atoms with Crippen molar-refractivity contribution in [2.45, 2.75) is 13.5 Å². The lowest BCUT2D eigenvalue weighted by atomic mass is 10.2. The summed E-state index contributed by atoms with van der Waals surface area (Å²) < 4.78 is 11.1.